The molecule has 0 aliphatic carbocycles. The van der Waals surface area contributed by atoms with E-state index in [2.05, 4.69) is 14.7 Å². The fourth-order valence-electron chi connectivity index (χ4n) is 1.28. The van der Waals surface area contributed by atoms with Gasteiger partial charge in [0, 0.05) is 20.0 Å². The predicted molar refractivity (Wildman–Crippen MR) is 68.1 cm³/mol. The van der Waals surface area contributed by atoms with Gasteiger partial charge in [-0.25, -0.2) is 22.7 Å². The van der Waals surface area contributed by atoms with Crippen molar-refractivity contribution in [1.29, 1.82) is 0 Å². The van der Waals surface area contributed by atoms with Crippen LogP contribution in [0, 0.1) is 0 Å². The molecule has 1 heterocycles. The lowest BCUT2D eigenvalue weighted by atomic mass is 10.3. The molecule has 0 saturated carbocycles. The Morgan fingerprint density at radius 1 is 1.42 bits per heavy atom. The molecule has 1 aromatic heterocycles. The van der Waals surface area contributed by atoms with Crippen molar-refractivity contribution in [2.24, 2.45) is 0 Å². The molecule has 0 radical (unpaired) electrons. The molecule has 7 nitrogen and oxygen atoms in total. The van der Waals surface area contributed by atoms with Crippen molar-refractivity contribution in [3.8, 4) is 0 Å². The number of carbonyl (C=O) groups excluding carboxylic acids is 1. The molecule has 0 atom stereocenters. The Balaban J connectivity index is 2.67. The predicted octanol–water partition coefficient (Wildman–Crippen LogP) is 0.704. The van der Waals surface area contributed by atoms with Gasteiger partial charge in [-0.3, -0.25) is 4.79 Å². The molecule has 0 unspecified atom stereocenters. The maximum atomic E-state index is 12.1. The molecule has 0 bridgehead atoms. The second kappa shape index (κ2) is 6.78. The number of nitrogens with zero attached hydrogens (tertiary/aromatic N) is 3. The van der Waals surface area contributed by atoms with Crippen molar-refractivity contribution in [1.82, 2.24) is 14.3 Å². The Bertz CT molecular complexity index is 532. The number of ether oxygens (including phenoxy) is 1. The second-order valence-electron chi connectivity index (χ2n) is 3.69. The quantitative estimate of drug-likeness (QED) is 0.568. The average Bonchev–Trinajstić information content (AvgIpc) is 2.38. The molecule has 1 rings (SSSR count). The zero-order valence-corrected chi connectivity index (χ0v) is 12.1. The van der Waals surface area contributed by atoms with Gasteiger partial charge >= 0.3 is 5.97 Å². The minimum absolute atomic E-state index is 0.0210. The molecule has 0 spiro atoms. The summed E-state index contributed by atoms with van der Waals surface area (Å²) in [6.07, 6.45) is 2.81. The third kappa shape index (κ3) is 4.41. The molecule has 0 saturated heterocycles. The maximum Gasteiger partial charge on any atom is 0.305 e. The van der Waals surface area contributed by atoms with Crippen LogP contribution in [0.5, 0.6) is 0 Å². The molecular weight excluding hydrogens is 294 g/mol. The number of carbonyl (C=O) groups is 1. The number of esters is 1. The number of halogens is 1. The van der Waals surface area contributed by atoms with Crippen LogP contribution in [0.25, 0.3) is 0 Å². The summed E-state index contributed by atoms with van der Waals surface area (Å²) >= 11 is 5.49. The van der Waals surface area contributed by atoms with Crippen molar-refractivity contribution in [3.63, 3.8) is 0 Å². The third-order valence-electron chi connectivity index (χ3n) is 2.39. The zero-order chi connectivity index (χ0) is 14.5. The monoisotopic (exact) mass is 307 g/mol. The number of methoxy groups -OCH3 is 1. The summed E-state index contributed by atoms with van der Waals surface area (Å²) in [5, 5.41) is -0.0210. The molecule has 106 valence electrons. The van der Waals surface area contributed by atoms with Gasteiger partial charge in [-0.05, 0) is 18.0 Å². The van der Waals surface area contributed by atoms with Gasteiger partial charge in [0.05, 0.1) is 19.5 Å². The summed E-state index contributed by atoms with van der Waals surface area (Å²) in [6.45, 7) is 0.195. The summed E-state index contributed by atoms with van der Waals surface area (Å²) < 4.78 is 29.8. The van der Waals surface area contributed by atoms with Gasteiger partial charge in [0.15, 0.2) is 0 Å². The van der Waals surface area contributed by atoms with Crippen LogP contribution in [-0.4, -0.2) is 49.4 Å². The highest BCUT2D eigenvalue weighted by Gasteiger charge is 2.21. The van der Waals surface area contributed by atoms with E-state index in [-0.39, 0.29) is 29.1 Å². The Morgan fingerprint density at radius 2 is 2.00 bits per heavy atom. The highest BCUT2D eigenvalue weighted by molar-refractivity contribution is 7.89. The summed E-state index contributed by atoms with van der Waals surface area (Å²) in [4.78, 5) is 18.1. The molecular formula is C10H14ClN3O4S. The smallest absolute Gasteiger partial charge is 0.305 e. The molecule has 0 aromatic carbocycles. The summed E-state index contributed by atoms with van der Waals surface area (Å²) in [6, 6.07) is 0. The van der Waals surface area contributed by atoms with Crippen LogP contribution in [0.3, 0.4) is 0 Å². The molecule has 9 heteroatoms. The summed E-state index contributed by atoms with van der Waals surface area (Å²) in [5.74, 6) is -0.374. The van der Waals surface area contributed by atoms with Crippen molar-refractivity contribution in [2.75, 3.05) is 20.7 Å². The zero-order valence-electron chi connectivity index (χ0n) is 10.5. The second-order valence-corrected chi connectivity index (χ2v) is 6.08. The fraction of sp³-hybridized carbons (Fsp3) is 0.500. The Hall–Kier alpha value is -1.25. The van der Waals surface area contributed by atoms with Crippen LogP contribution >= 0.6 is 11.6 Å². The van der Waals surface area contributed by atoms with Crippen LogP contribution < -0.4 is 0 Å². The molecule has 1 aromatic rings. The number of hydrogen-bond donors (Lipinski definition) is 0. The Kier molecular flexibility index (Phi) is 5.64. The number of aromatic nitrogens is 2. The molecule has 0 aliphatic rings. The van der Waals surface area contributed by atoms with E-state index >= 15 is 0 Å². The van der Waals surface area contributed by atoms with Gasteiger partial charge in [0.2, 0.25) is 15.3 Å². The maximum absolute atomic E-state index is 12.1. The van der Waals surface area contributed by atoms with Gasteiger partial charge in [0.1, 0.15) is 4.90 Å². The number of hydrogen-bond acceptors (Lipinski definition) is 6. The van der Waals surface area contributed by atoms with Crippen LogP contribution in [-0.2, 0) is 19.6 Å². The lowest BCUT2D eigenvalue weighted by Gasteiger charge is -2.16. The molecule has 0 aliphatic heterocycles. The first-order valence-corrected chi connectivity index (χ1v) is 7.20. The standard InChI is InChI=1S/C10H14ClN3O4S/c1-14(5-3-4-9(15)18-2)19(16,17)8-6-12-10(11)13-7-8/h6-7H,3-5H2,1-2H3. The van der Waals surface area contributed by atoms with E-state index in [4.69, 9.17) is 11.6 Å². The molecule has 0 fully saturated rings. The SMILES string of the molecule is COC(=O)CCCN(C)S(=O)(=O)c1cnc(Cl)nc1. The van der Waals surface area contributed by atoms with Crippen molar-refractivity contribution in [3.05, 3.63) is 17.7 Å². The molecule has 0 N–H and O–H groups in total. The Morgan fingerprint density at radius 3 is 2.53 bits per heavy atom. The minimum Gasteiger partial charge on any atom is -0.469 e. The van der Waals surface area contributed by atoms with Crippen LogP contribution in [0.2, 0.25) is 5.28 Å². The average molecular weight is 308 g/mol. The third-order valence-corrected chi connectivity index (χ3v) is 4.39. The van der Waals surface area contributed by atoms with Crippen LogP contribution in [0.4, 0.5) is 0 Å². The number of rotatable bonds is 6. The van der Waals surface area contributed by atoms with Gasteiger partial charge in [-0.2, -0.15) is 0 Å². The lowest BCUT2D eigenvalue weighted by Crippen LogP contribution is -2.28. The van der Waals surface area contributed by atoms with Gasteiger partial charge in [-0.15, -0.1) is 0 Å². The summed E-state index contributed by atoms with van der Waals surface area (Å²) in [7, 11) is -0.959. The minimum atomic E-state index is -3.66. The number of sulfonamides is 1. The van der Waals surface area contributed by atoms with E-state index in [0.29, 0.717) is 6.42 Å². The van der Waals surface area contributed by atoms with Gasteiger partial charge in [0.25, 0.3) is 0 Å². The topological polar surface area (TPSA) is 89.5 Å². The van der Waals surface area contributed by atoms with E-state index in [9.17, 15) is 13.2 Å². The highest BCUT2D eigenvalue weighted by atomic mass is 35.5. The van der Waals surface area contributed by atoms with E-state index in [1.54, 1.807) is 0 Å². The van der Waals surface area contributed by atoms with E-state index in [0.717, 1.165) is 16.7 Å². The highest BCUT2D eigenvalue weighted by Crippen LogP contribution is 2.13. The fourth-order valence-corrected chi connectivity index (χ4v) is 2.48. The van der Waals surface area contributed by atoms with Gasteiger partial charge < -0.3 is 4.74 Å². The van der Waals surface area contributed by atoms with Gasteiger partial charge in [-0.1, -0.05) is 0 Å². The van der Waals surface area contributed by atoms with Crippen molar-refractivity contribution < 1.29 is 17.9 Å². The largest absolute Gasteiger partial charge is 0.469 e. The van der Waals surface area contributed by atoms with Crippen molar-refractivity contribution in [2.45, 2.75) is 17.7 Å². The van der Waals surface area contributed by atoms with E-state index in [1.165, 1.54) is 14.2 Å². The lowest BCUT2D eigenvalue weighted by molar-refractivity contribution is -0.140. The molecule has 0 amide bonds. The first-order chi connectivity index (χ1) is 8.87. The van der Waals surface area contributed by atoms with E-state index < -0.39 is 10.0 Å². The molecule has 19 heavy (non-hydrogen) atoms. The summed E-state index contributed by atoms with van der Waals surface area (Å²) in [5.41, 5.74) is 0. The van der Waals surface area contributed by atoms with Crippen LogP contribution in [0.15, 0.2) is 17.3 Å². The van der Waals surface area contributed by atoms with Crippen LogP contribution in [0.1, 0.15) is 12.8 Å². The first-order valence-electron chi connectivity index (χ1n) is 5.38. The Labute approximate surface area is 116 Å². The van der Waals surface area contributed by atoms with Crippen molar-refractivity contribution >= 4 is 27.6 Å². The van der Waals surface area contributed by atoms with E-state index in [1.807, 2.05) is 0 Å². The normalized spacial score (nSPS) is 11.6. The first kappa shape index (κ1) is 15.8.